The first kappa shape index (κ1) is 16.1. The van der Waals surface area contributed by atoms with Gasteiger partial charge < -0.3 is 5.32 Å². The van der Waals surface area contributed by atoms with Gasteiger partial charge in [0.15, 0.2) is 0 Å². The Morgan fingerprint density at radius 1 is 1.10 bits per heavy atom. The normalized spacial score (nSPS) is 12.4. The molecule has 0 aliphatic rings. The van der Waals surface area contributed by atoms with Crippen molar-refractivity contribution in [3.63, 3.8) is 0 Å². The van der Waals surface area contributed by atoms with Gasteiger partial charge in [0.05, 0.1) is 6.04 Å². The van der Waals surface area contributed by atoms with Crippen molar-refractivity contribution in [3.8, 4) is 0 Å². The summed E-state index contributed by atoms with van der Waals surface area (Å²) >= 11 is 6.45. The molecule has 112 valence electrons. The van der Waals surface area contributed by atoms with Gasteiger partial charge >= 0.3 is 0 Å². The zero-order valence-corrected chi connectivity index (χ0v) is 13.1. The number of hydrogen-bond donors (Lipinski definition) is 1. The van der Waals surface area contributed by atoms with E-state index in [0.29, 0.717) is 21.7 Å². The molecular weight excluding hydrogens is 312 g/mol. The highest BCUT2D eigenvalue weighted by Crippen LogP contribution is 2.34. The van der Waals surface area contributed by atoms with Crippen LogP contribution in [0.25, 0.3) is 0 Å². The molecule has 2 aromatic rings. The number of hydrogen-bond acceptors (Lipinski definition) is 2. The number of para-hydroxylation sites is 1. The number of alkyl halides is 2. The molecule has 0 aliphatic heterocycles. The maximum Gasteiger partial charge on any atom is 0.288 e. The molecule has 0 aliphatic carbocycles. The summed E-state index contributed by atoms with van der Waals surface area (Å²) in [6.45, 7) is 2.05. The molecule has 0 radical (unpaired) electrons. The molecule has 5 heteroatoms. The van der Waals surface area contributed by atoms with Crippen LogP contribution >= 0.6 is 23.4 Å². The lowest BCUT2D eigenvalue weighted by atomic mass is 10.0. The third kappa shape index (κ3) is 4.61. The average Bonchev–Trinajstić information content (AvgIpc) is 2.47. The Balaban J connectivity index is 2.20. The van der Waals surface area contributed by atoms with Gasteiger partial charge in [-0.05, 0) is 36.2 Å². The maximum atomic E-state index is 12.6. The van der Waals surface area contributed by atoms with Crippen molar-refractivity contribution >= 4 is 29.1 Å². The van der Waals surface area contributed by atoms with Crippen molar-refractivity contribution in [1.29, 1.82) is 0 Å². The predicted molar refractivity (Wildman–Crippen MR) is 86.4 cm³/mol. The summed E-state index contributed by atoms with van der Waals surface area (Å²) in [5.41, 5.74) is 1.81. The molecule has 0 fully saturated rings. The lowest BCUT2D eigenvalue weighted by Crippen LogP contribution is -2.10. The van der Waals surface area contributed by atoms with E-state index in [9.17, 15) is 8.78 Å². The Morgan fingerprint density at radius 2 is 1.76 bits per heavy atom. The van der Waals surface area contributed by atoms with Gasteiger partial charge in [0.2, 0.25) is 0 Å². The molecule has 1 unspecified atom stereocenters. The van der Waals surface area contributed by atoms with Crippen LogP contribution in [0.5, 0.6) is 0 Å². The van der Waals surface area contributed by atoms with Crippen molar-refractivity contribution in [3.05, 3.63) is 59.1 Å². The Labute approximate surface area is 132 Å². The zero-order valence-electron chi connectivity index (χ0n) is 11.5. The van der Waals surface area contributed by atoms with E-state index in [4.69, 9.17) is 11.6 Å². The third-order valence-corrected chi connectivity index (χ3v) is 4.15. The second-order valence-corrected chi connectivity index (χ2v) is 6.00. The van der Waals surface area contributed by atoms with Gasteiger partial charge in [-0.1, -0.05) is 54.6 Å². The van der Waals surface area contributed by atoms with Crippen LogP contribution in [0.4, 0.5) is 14.5 Å². The van der Waals surface area contributed by atoms with E-state index < -0.39 is 5.76 Å². The number of thioether (sulfide) groups is 1. The number of anilines is 1. The summed E-state index contributed by atoms with van der Waals surface area (Å²) in [6, 6.07) is 14.8. The van der Waals surface area contributed by atoms with Crippen LogP contribution in [-0.4, -0.2) is 5.76 Å². The molecule has 0 aromatic heterocycles. The zero-order chi connectivity index (χ0) is 15.2. The smallest absolute Gasteiger partial charge is 0.288 e. The highest BCUT2D eigenvalue weighted by Gasteiger charge is 2.14. The van der Waals surface area contributed by atoms with Crippen LogP contribution in [0.15, 0.2) is 53.4 Å². The van der Waals surface area contributed by atoms with E-state index in [1.54, 1.807) is 12.1 Å². The summed E-state index contributed by atoms with van der Waals surface area (Å²) in [5.74, 6) is -2.43. The van der Waals surface area contributed by atoms with Gasteiger partial charge in [0.25, 0.3) is 5.76 Å². The number of benzene rings is 2. The Hall–Kier alpha value is -1.26. The van der Waals surface area contributed by atoms with Gasteiger partial charge in [-0.15, -0.1) is 0 Å². The molecule has 21 heavy (non-hydrogen) atoms. The quantitative estimate of drug-likeness (QED) is 0.632. The van der Waals surface area contributed by atoms with Gasteiger partial charge in [0, 0.05) is 15.6 Å². The van der Waals surface area contributed by atoms with E-state index in [2.05, 4.69) is 12.2 Å². The second-order valence-electron chi connectivity index (χ2n) is 4.53. The number of nitrogens with one attached hydrogen (secondary N) is 1. The summed E-state index contributed by atoms with van der Waals surface area (Å²) in [5, 5.41) is 4.02. The average molecular weight is 328 g/mol. The largest absolute Gasteiger partial charge is 0.377 e. The van der Waals surface area contributed by atoms with Crippen LogP contribution in [0, 0.1) is 0 Å². The fourth-order valence-electron chi connectivity index (χ4n) is 2.09. The minimum absolute atomic E-state index is 0.0571. The fraction of sp³-hybridized carbons (Fsp3) is 0.250. The van der Waals surface area contributed by atoms with Gasteiger partial charge in [-0.25, -0.2) is 0 Å². The Morgan fingerprint density at radius 3 is 2.38 bits per heavy atom. The highest BCUT2D eigenvalue weighted by molar-refractivity contribution is 7.99. The molecule has 0 bridgehead atoms. The van der Waals surface area contributed by atoms with E-state index in [1.165, 1.54) is 0 Å². The topological polar surface area (TPSA) is 12.0 Å². The van der Waals surface area contributed by atoms with Gasteiger partial charge in [-0.3, -0.25) is 0 Å². The van der Waals surface area contributed by atoms with E-state index in [0.717, 1.165) is 17.7 Å². The minimum Gasteiger partial charge on any atom is -0.377 e. The minimum atomic E-state index is -2.43. The van der Waals surface area contributed by atoms with Crippen LogP contribution in [-0.2, 0) is 0 Å². The van der Waals surface area contributed by atoms with E-state index in [-0.39, 0.29) is 6.04 Å². The summed E-state index contributed by atoms with van der Waals surface area (Å²) in [6.07, 6.45) is 0.843. The molecule has 2 rings (SSSR count). The fourth-order valence-corrected chi connectivity index (χ4v) is 2.82. The standard InChI is InChI=1S/C16H16ClF2NS/c1-2-13(11-7-9-12(17)10-8-11)20-14-5-3-4-6-15(14)21-16(18)19/h3-10,13,16,20H,2H2,1H3. The Bertz CT molecular complexity index is 575. The molecule has 1 nitrogen and oxygen atoms in total. The first-order chi connectivity index (χ1) is 10.1. The highest BCUT2D eigenvalue weighted by atomic mass is 35.5. The van der Waals surface area contributed by atoms with E-state index in [1.807, 2.05) is 36.4 Å². The lowest BCUT2D eigenvalue weighted by Gasteiger charge is -2.21. The summed E-state index contributed by atoms with van der Waals surface area (Å²) in [4.78, 5) is 0.555. The van der Waals surface area contributed by atoms with Crippen LogP contribution in [0.3, 0.4) is 0 Å². The van der Waals surface area contributed by atoms with Crippen molar-refractivity contribution in [2.45, 2.75) is 30.0 Å². The number of rotatable bonds is 6. The number of halogens is 3. The van der Waals surface area contributed by atoms with Crippen LogP contribution < -0.4 is 5.32 Å². The van der Waals surface area contributed by atoms with Crippen molar-refractivity contribution in [1.82, 2.24) is 0 Å². The monoisotopic (exact) mass is 327 g/mol. The van der Waals surface area contributed by atoms with Crippen molar-refractivity contribution in [2.75, 3.05) is 5.32 Å². The summed E-state index contributed by atoms with van der Waals surface area (Å²) in [7, 11) is 0. The molecule has 0 heterocycles. The first-order valence-electron chi connectivity index (χ1n) is 6.66. The van der Waals surface area contributed by atoms with Gasteiger partial charge in [0.1, 0.15) is 0 Å². The lowest BCUT2D eigenvalue weighted by molar-refractivity contribution is 0.252. The molecule has 0 spiro atoms. The van der Waals surface area contributed by atoms with Crippen LogP contribution in [0.1, 0.15) is 24.9 Å². The van der Waals surface area contributed by atoms with Crippen LogP contribution in [0.2, 0.25) is 5.02 Å². The molecule has 1 N–H and O–H groups in total. The molecule has 0 amide bonds. The molecule has 1 atom stereocenters. The Kier molecular flexibility index (Phi) is 5.88. The molecular formula is C16H16ClF2NS. The first-order valence-corrected chi connectivity index (χ1v) is 7.91. The molecule has 0 saturated heterocycles. The van der Waals surface area contributed by atoms with E-state index >= 15 is 0 Å². The maximum absolute atomic E-state index is 12.6. The second kappa shape index (κ2) is 7.66. The third-order valence-electron chi connectivity index (χ3n) is 3.11. The van der Waals surface area contributed by atoms with Crippen molar-refractivity contribution < 1.29 is 8.78 Å². The SMILES string of the molecule is CCC(Nc1ccccc1SC(F)F)c1ccc(Cl)cc1. The predicted octanol–water partition coefficient (Wildman–Crippen LogP) is 6.22. The van der Waals surface area contributed by atoms with Gasteiger partial charge in [-0.2, -0.15) is 8.78 Å². The van der Waals surface area contributed by atoms with Crippen molar-refractivity contribution in [2.24, 2.45) is 0 Å². The molecule has 2 aromatic carbocycles. The molecule has 0 saturated carbocycles. The summed E-state index contributed by atoms with van der Waals surface area (Å²) < 4.78 is 25.2.